The summed E-state index contributed by atoms with van der Waals surface area (Å²) in [5.41, 5.74) is 1.37. The van der Waals surface area contributed by atoms with Crippen molar-refractivity contribution < 1.29 is 33.6 Å². The number of Topliss-reactive ketones (excluding diaryl/α,β-unsaturated/α-hetero) is 1. The summed E-state index contributed by atoms with van der Waals surface area (Å²) in [6.45, 7) is 1.78. The molecular formula is C24H19ClO7. The van der Waals surface area contributed by atoms with E-state index < -0.39 is 12.1 Å². The molecule has 164 valence electrons. The number of halogens is 1. The van der Waals surface area contributed by atoms with Crippen molar-refractivity contribution in [2.75, 3.05) is 6.79 Å². The summed E-state index contributed by atoms with van der Waals surface area (Å²) in [6.07, 6.45) is -1.40. The van der Waals surface area contributed by atoms with Gasteiger partial charge < -0.3 is 24.1 Å². The van der Waals surface area contributed by atoms with Gasteiger partial charge in [0.1, 0.15) is 18.1 Å². The van der Waals surface area contributed by atoms with Gasteiger partial charge >= 0.3 is 5.97 Å². The summed E-state index contributed by atoms with van der Waals surface area (Å²) < 4.78 is 22.3. The molecule has 0 radical (unpaired) electrons. The Bertz CT molecular complexity index is 1170. The number of rotatable bonds is 8. The van der Waals surface area contributed by atoms with Gasteiger partial charge in [-0.05, 0) is 42.8 Å². The Morgan fingerprint density at radius 1 is 1.06 bits per heavy atom. The number of carbonyl (C=O) groups excluding carboxylic acids is 1. The highest BCUT2D eigenvalue weighted by molar-refractivity contribution is 6.31. The van der Waals surface area contributed by atoms with Crippen molar-refractivity contribution in [3.05, 3.63) is 82.4 Å². The van der Waals surface area contributed by atoms with E-state index in [1.54, 1.807) is 36.4 Å². The highest BCUT2D eigenvalue weighted by Gasteiger charge is 2.26. The zero-order valence-corrected chi connectivity index (χ0v) is 17.8. The number of fused-ring (bicyclic) bond motifs is 1. The van der Waals surface area contributed by atoms with Crippen LogP contribution in [-0.2, 0) is 11.4 Å². The van der Waals surface area contributed by atoms with Gasteiger partial charge in [-0.15, -0.1) is 0 Å². The Labute approximate surface area is 189 Å². The lowest BCUT2D eigenvalue weighted by Crippen LogP contribution is -2.19. The summed E-state index contributed by atoms with van der Waals surface area (Å²) in [6, 6.07) is 16.6. The predicted molar refractivity (Wildman–Crippen MR) is 116 cm³/mol. The molecule has 0 saturated heterocycles. The molecule has 1 atom stereocenters. The number of benzene rings is 3. The van der Waals surface area contributed by atoms with E-state index in [9.17, 15) is 14.7 Å². The van der Waals surface area contributed by atoms with E-state index >= 15 is 0 Å². The number of ketones is 1. The molecule has 1 aliphatic rings. The molecule has 0 saturated carbocycles. The monoisotopic (exact) mass is 454 g/mol. The van der Waals surface area contributed by atoms with Crippen molar-refractivity contribution >= 4 is 23.4 Å². The number of carboxylic acids is 1. The number of carbonyl (C=O) groups is 2. The van der Waals surface area contributed by atoms with Crippen molar-refractivity contribution in [3.63, 3.8) is 0 Å². The molecule has 8 heteroatoms. The van der Waals surface area contributed by atoms with Gasteiger partial charge in [0.25, 0.3) is 0 Å². The molecule has 0 fully saturated rings. The maximum Gasteiger partial charge on any atom is 0.349 e. The van der Waals surface area contributed by atoms with Crippen LogP contribution in [0.4, 0.5) is 0 Å². The summed E-state index contributed by atoms with van der Waals surface area (Å²) >= 11 is 6.17. The Hall–Kier alpha value is -3.71. The maximum absolute atomic E-state index is 12.1. The molecule has 7 nitrogen and oxygen atoms in total. The van der Waals surface area contributed by atoms with Crippen LogP contribution in [0, 0.1) is 0 Å². The van der Waals surface area contributed by atoms with Gasteiger partial charge in [-0.3, -0.25) is 4.79 Å². The number of hydrogen-bond acceptors (Lipinski definition) is 6. The van der Waals surface area contributed by atoms with E-state index in [0.717, 1.165) is 5.56 Å². The molecular weight excluding hydrogens is 436 g/mol. The van der Waals surface area contributed by atoms with E-state index in [0.29, 0.717) is 17.2 Å². The van der Waals surface area contributed by atoms with Crippen LogP contribution in [0.5, 0.6) is 23.0 Å². The Kier molecular flexibility index (Phi) is 6.18. The summed E-state index contributed by atoms with van der Waals surface area (Å²) in [5.74, 6) is 0.310. The first kappa shape index (κ1) is 21.5. The average molecular weight is 455 g/mol. The zero-order chi connectivity index (χ0) is 22.7. The molecule has 0 bridgehead atoms. The largest absolute Gasteiger partial charge is 0.489 e. The maximum atomic E-state index is 12.1. The molecule has 0 spiro atoms. The van der Waals surface area contributed by atoms with Crippen molar-refractivity contribution in [1.82, 2.24) is 0 Å². The number of aliphatic carboxylic acids is 1. The minimum absolute atomic E-state index is 0.0907. The van der Waals surface area contributed by atoms with Crippen LogP contribution in [0.25, 0.3) is 0 Å². The lowest BCUT2D eigenvalue weighted by molar-refractivity contribution is -0.145. The SMILES string of the molecule is CC(=O)c1ccc(OCc2ccc3c(c2)OCO3)cc1OC(C(=O)O)c1ccccc1Cl. The molecule has 4 rings (SSSR count). The van der Waals surface area contributed by atoms with Crippen LogP contribution in [0.2, 0.25) is 5.02 Å². The van der Waals surface area contributed by atoms with Gasteiger partial charge in [0, 0.05) is 16.7 Å². The van der Waals surface area contributed by atoms with E-state index in [-0.39, 0.29) is 41.1 Å². The summed E-state index contributed by atoms with van der Waals surface area (Å²) in [4.78, 5) is 24.0. The lowest BCUT2D eigenvalue weighted by atomic mass is 10.1. The number of hydrogen-bond donors (Lipinski definition) is 1. The second-order valence-corrected chi connectivity index (χ2v) is 7.46. The van der Waals surface area contributed by atoms with Crippen molar-refractivity contribution in [3.8, 4) is 23.0 Å². The van der Waals surface area contributed by atoms with Gasteiger partial charge in [0.2, 0.25) is 12.9 Å². The zero-order valence-electron chi connectivity index (χ0n) is 17.0. The van der Waals surface area contributed by atoms with Gasteiger partial charge in [-0.2, -0.15) is 0 Å². The van der Waals surface area contributed by atoms with Gasteiger partial charge in [-0.25, -0.2) is 4.79 Å². The van der Waals surface area contributed by atoms with Crippen LogP contribution >= 0.6 is 11.6 Å². The molecule has 3 aromatic carbocycles. The van der Waals surface area contributed by atoms with Gasteiger partial charge in [0.05, 0.1) is 5.56 Å². The average Bonchev–Trinajstić information content (AvgIpc) is 3.24. The standard InChI is InChI=1S/C24H19ClO7/c1-14(26)17-8-7-16(29-12-15-6-9-20-22(10-15)31-13-30-20)11-21(17)32-23(24(27)28)18-4-2-3-5-19(18)25/h2-11,23H,12-13H2,1H3,(H,27,28). The molecule has 0 aliphatic carbocycles. The van der Waals surface area contributed by atoms with E-state index in [1.807, 2.05) is 12.1 Å². The van der Waals surface area contributed by atoms with E-state index in [2.05, 4.69) is 0 Å². The molecule has 1 N–H and O–H groups in total. The quantitative estimate of drug-likeness (QED) is 0.476. The van der Waals surface area contributed by atoms with Crippen LogP contribution < -0.4 is 18.9 Å². The van der Waals surface area contributed by atoms with Crippen LogP contribution in [0.3, 0.4) is 0 Å². The number of ether oxygens (including phenoxy) is 4. The third-order valence-electron chi connectivity index (χ3n) is 4.83. The van der Waals surface area contributed by atoms with Crippen LogP contribution in [-0.4, -0.2) is 23.7 Å². The molecule has 1 heterocycles. The predicted octanol–water partition coefficient (Wildman–Crippen LogP) is 5.06. The van der Waals surface area contributed by atoms with Crippen molar-refractivity contribution in [2.24, 2.45) is 0 Å². The molecule has 32 heavy (non-hydrogen) atoms. The molecule has 3 aromatic rings. The first-order valence-corrected chi connectivity index (χ1v) is 10.1. The topological polar surface area (TPSA) is 91.3 Å². The third-order valence-corrected chi connectivity index (χ3v) is 5.18. The van der Waals surface area contributed by atoms with E-state index in [4.69, 9.17) is 30.5 Å². The van der Waals surface area contributed by atoms with Gasteiger partial charge in [-0.1, -0.05) is 35.9 Å². The molecule has 0 amide bonds. The minimum atomic E-state index is -1.40. The first-order chi connectivity index (χ1) is 15.4. The second kappa shape index (κ2) is 9.20. The molecule has 0 aromatic heterocycles. The normalized spacial score (nSPS) is 12.8. The lowest BCUT2D eigenvalue weighted by Gasteiger charge is -2.19. The fourth-order valence-corrected chi connectivity index (χ4v) is 3.47. The Balaban J connectivity index is 1.58. The Morgan fingerprint density at radius 3 is 2.59 bits per heavy atom. The van der Waals surface area contributed by atoms with Crippen molar-refractivity contribution in [2.45, 2.75) is 19.6 Å². The number of carboxylic acid groups (broad SMARTS) is 1. The fourth-order valence-electron chi connectivity index (χ4n) is 3.24. The summed E-state index contributed by atoms with van der Waals surface area (Å²) in [5, 5.41) is 9.97. The second-order valence-electron chi connectivity index (χ2n) is 7.05. The minimum Gasteiger partial charge on any atom is -0.489 e. The third kappa shape index (κ3) is 4.63. The van der Waals surface area contributed by atoms with Crippen molar-refractivity contribution in [1.29, 1.82) is 0 Å². The fraction of sp³-hybridized carbons (Fsp3) is 0.167. The highest BCUT2D eigenvalue weighted by Crippen LogP contribution is 2.34. The Morgan fingerprint density at radius 2 is 1.84 bits per heavy atom. The molecule has 1 aliphatic heterocycles. The smallest absolute Gasteiger partial charge is 0.349 e. The van der Waals surface area contributed by atoms with Crippen LogP contribution in [0.15, 0.2) is 60.7 Å². The summed E-state index contributed by atoms with van der Waals surface area (Å²) in [7, 11) is 0. The van der Waals surface area contributed by atoms with Crippen LogP contribution in [0.1, 0.15) is 34.5 Å². The molecule has 1 unspecified atom stereocenters. The highest BCUT2D eigenvalue weighted by atomic mass is 35.5. The first-order valence-electron chi connectivity index (χ1n) is 9.72. The van der Waals surface area contributed by atoms with Gasteiger partial charge in [0.15, 0.2) is 17.3 Å². The van der Waals surface area contributed by atoms with E-state index in [1.165, 1.54) is 19.1 Å².